The van der Waals surface area contributed by atoms with Gasteiger partial charge in [0.25, 0.3) is 5.56 Å². The number of esters is 1. The summed E-state index contributed by atoms with van der Waals surface area (Å²) in [6.45, 7) is 3.48. The Kier molecular flexibility index (Phi) is 4.35. The highest BCUT2D eigenvalue weighted by Crippen LogP contribution is 2.29. The van der Waals surface area contributed by atoms with Crippen LogP contribution in [0.25, 0.3) is 26.1 Å². The maximum Gasteiger partial charge on any atom is 0.340 e. The molecular weight excluding hydrogens is 378 g/mol. The van der Waals surface area contributed by atoms with E-state index < -0.39 is 5.97 Å². The fourth-order valence-electron chi connectivity index (χ4n) is 3.29. The first-order chi connectivity index (χ1) is 13.4. The Hall–Kier alpha value is -3.26. The van der Waals surface area contributed by atoms with Crippen LogP contribution in [0.2, 0.25) is 0 Å². The molecule has 0 saturated heterocycles. The number of methoxy groups -OCH3 is 2. The Morgan fingerprint density at radius 1 is 1.11 bits per heavy atom. The zero-order valence-corrected chi connectivity index (χ0v) is 16.6. The monoisotopic (exact) mass is 395 g/mol. The molecule has 0 amide bonds. The molecular formula is C20H17N3O4S. The summed E-state index contributed by atoms with van der Waals surface area (Å²) >= 11 is 1.39. The van der Waals surface area contributed by atoms with Gasteiger partial charge in [0.15, 0.2) is 5.13 Å². The largest absolute Gasteiger partial charge is 0.497 e. The van der Waals surface area contributed by atoms with Gasteiger partial charge in [0.1, 0.15) is 5.75 Å². The van der Waals surface area contributed by atoms with E-state index in [2.05, 4.69) is 9.97 Å². The molecule has 0 N–H and O–H groups in total. The highest BCUT2D eigenvalue weighted by atomic mass is 32.1. The number of pyridine rings is 2. The molecule has 0 aliphatic rings. The fraction of sp³-hybridized carbons (Fsp3) is 0.200. The molecule has 28 heavy (non-hydrogen) atoms. The summed E-state index contributed by atoms with van der Waals surface area (Å²) in [5.41, 5.74) is 1.89. The number of thiazole rings is 1. The molecule has 0 radical (unpaired) electrons. The topological polar surface area (TPSA) is 83.3 Å². The van der Waals surface area contributed by atoms with Crippen molar-refractivity contribution in [1.29, 1.82) is 0 Å². The van der Waals surface area contributed by atoms with Crippen molar-refractivity contribution in [2.24, 2.45) is 0 Å². The van der Waals surface area contributed by atoms with Crippen molar-refractivity contribution in [3.8, 4) is 10.9 Å². The average Bonchev–Trinajstić information content (AvgIpc) is 3.10. The first-order valence-corrected chi connectivity index (χ1v) is 9.32. The van der Waals surface area contributed by atoms with Gasteiger partial charge >= 0.3 is 5.97 Å². The number of fused-ring (bicyclic) bond motifs is 2. The van der Waals surface area contributed by atoms with Crippen LogP contribution in [-0.2, 0) is 4.74 Å². The maximum absolute atomic E-state index is 13.2. The summed E-state index contributed by atoms with van der Waals surface area (Å²) in [4.78, 5) is 34.4. The number of aromatic nitrogens is 3. The third kappa shape index (κ3) is 2.73. The molecule has 0 saturated carbocycles. The summed E-state index contributed by atoms with van der Waals surface area (Å²) in [6, 6.07) is 7.30. The first kappa shape index (κ1) is 18.1. The molecule has 0 unspecified atom stereocenters. The van der Waals surface area contributed by atoms with Gasteiger partial charge in [-0.1, -0.05) is 11.3 Å². The van der Waals surface area contributed by atoms with Crippen molar-refractivity contribution in [2.45, 2.75) is 13.8 Å². The number of carbonyl (C=O) groups is 1. The second-order valence-electron chi connectivity index (χ2n) is 6.26. The second-order valence-corrected chi connectivity index (χ2v) is 7.27. The lowest BCUT2D eigenvalue weighted by molar-refractivity contribution is 0.0601. The van der Waals surface area contributed by atoms with E-state index in [1.165, 1.54) is 23.0 Å². The zero-order chi connectivity index (χ0) is 20.0. The number of ether oxygens (including phenoxy) is 2. The summed E-state index contributed by atoms with van der Waals surface area (Å²) < 4.78 is 12.5. The molecule has 0 fully saturated rings. The van der Waals surface area contributed by atoms with Gasteiger partial charge in [0.05, 0.1) is 46.8 Å². The summed E-state index contributed by atoms with van der Waals surface area (Å²) in [7, 11) is 2.91. The van der Waals surface area contributed by atoms with Gasteiger partial charge in [-0.15, -0.1) is 0 Å². The van der Waals surface area contributed by atoms with Gasteiger partial charge in [-0.25, -0.2) is 9.78 Å². The van der Waals surface area contributed by atoms with Gasteiger partial charge in [0.2, 0.25) is 0 Å². The quantitative estimate of drug-likeness (QED) is 0.495. The molecule has 1 aromatic carbocycles. The van der Waals surface area contributed by atoms with Crippen molar-refractivity contribution in [3.63, 3.8) is 0 Å². The van der Waals surface area contributed by atoms with Gasteiger partial charge in [-0.3, -0.25) is 14.3 Å². The van der Waals surface area contributed by atoms with Gasteiger partial charge in [-0.2, -0.15) is 0 Å². The number of aryl methyl sites for hydroxylation is 2. The molecule has 0 atom stereocenters. The van der Waals surface area contributed by atoms with Crippen molar-refractivity contribution < 1.29 is 14.3 Å². The molecule has 142 valence electrons. The fourth-order valence-corrected chi connectivity index (χ4v) is 4.26. The molecule has 0 aliphatic carbocycles. The number of nitrogens with zero attached hydrogens (tertiary/aromatic N) is 3. The Morgan fingerprint density at radius 2 is 1.89 bits per heavy atom. The number of rotatable bonds is 3. The van der Waals surface area contributed by atoms with Crippen LogP contribution in [0.4, 0.5) is 0 Å². The second kappa shape index (κ2) is 6.72. The van der Waals surface area contributed by atoms with Crippen LogP contribution in [-0.4, -0.2) is 34.7 Å². The lowest BCUT2D eigenvalue weighted by Gasteiger charge is -2.11. The van der Waals surface area contributed by atoms with Crippen LogP contribution < -0.4 is 10.3 Å². The molecule has 7 nitrogen and oxygen atoms in total. The predicted molar refractivity (Wildman–Crippen MR) is 108 cm³/mol. The molecule has 3 heterocycles. The van der Waals surface area contributed by atoms with Crippen LogP contribution in [0, 0.1) is 13.8 Å². The zero-order valence-electron chi connectivity index (χ0n) is 15.8. The van der Waals surface area contributed by atoms with Crippen molar-refractivity contribution in [2.75, 3.05) is 14.2 Å². The van der Waals surface area contributed by atoms with Crippen molar-refractivity contribution in [3.05, 3.63) is 57.8 Å². The average molecular weight is 395 g/mol. The Balaban J connectivity index is 1.98. The third-order valence-electron chi connectivity index (χ3n) is 4.60. The molecule has 0 spiro atoms. The molecule has 4 aromatic rings. The van der Waals surface area contributed by atoms with Gasteiger partial charge < -0.3 is 9.47 Å². The standard InChI is InChI=1S/C20H17N3O4S/c1-10-16-13(17(11(2)21-10)19(25)27-4)7-8-23(18(16)24)20-22-14-6-5-12(26-3)9-15(14)28-20/h5-9H,1-4H3. The highest BCUT2D eigenvalue weighted by Gasteiger charge is 2.20. The Bertz CT molecular complexity index is 1310. The van der Waals surface area contributed by atoms with E-state index in [-0.39, 0.29) is 5.56 Å². The molecule has 3 aromatic heterocycles. The highest BCUT2D eigenvalue weighted by molar-refractivity contribution is 7.20. The maximum atomic E-state index is 13.2. The van der Waals surface area contributed by atoms with Crippen LogP contribution in [0.1, 0.15) is 21.7 Å². The number of hydrogen-bond acceptors (Lipinski definition) is 7. The third-order valence-corrected chi connectivity index (χ3v) is 5.62. The van der Waals surface area contributed by atoms with E-state index in [1.807, 2.05) is 18.2 Å². The first-order valence-electron chi connectivity index (χ1n) is 8.50. The number of benzene rings is 1. The van der Waals surface area contributed by atoms with Gasteiger partial charge in [-0.05, 0) is 38.1 Å². The predicted octanol–water partition coefficient (Wildman–Crippen LogP) is 3.41. The smallest absolute Gasteiger partial charge is 0.340 e. The molecule has 4 rings (SSSR count). The van der Waals surface area contributed by atoms with Crippen LogP contribution >= 0.6 is 11.3 Å². The van der Waals surface area contributed by atoms with E-state index in [1.54, 1.807) is 33.2 Å². The SMILES string of the molecule is COC(=O)c1c(C)nc(C)c2c(=O)n(-c3nc4ccc(OC)cc4s3)ccc12. The minimum atomic E-state index is -0.515. The lowest BCUT2D eigenvalue weighted by Crippen LogP contribution is -2.20. The molecule has 8 heteroatoms. The Morgan fingerprint density at radius 3 is 2.61 bits per heavy atom. The lowest BCUT2D eigenvalue weighted by atomic mass is 10.0. The van der Waals surface area contributed by atoms with E-state index in [0.29, 0.717) is 32.9 Å². The summed E-state index contributed by atoms with van der Waals surface area (Å²) in [5.74, 6) is 0.214. The summed E-state index contributed by atoms with van der Waals surface area (Å²) in [6.07, 6.45) is 1.63. The Labute approximate surface area is 164 Å². The number of hydrogen-bond donors (Lipinski definition) is 0. The van der Waals surface area contributed by atoms with Crippen molar-refractivity contribution in [1.82, 2.24) is 14.5 Å². The van der Waals surface area contributed by atoms with Crippen LogP contribution in [0.15, 0.2) is 35.3 Å². The van der Waals surface area contributed by atoms with E-state index >= 15 is 0 Å². The number of carbonyl (C=O) groups excluding carboxylic acids is 1. The van der Waals surface area contributed by atoms with Crippen LogP contribution in [0.5, 0.6) is 5.75 Å². The van der Waals surface area contributed by atoms with Gasteiger partial charge in [0, 0.05) is 11.6 Å². The summed E-state index contributed by atoms with van der Waals surface area (Å²) in [5, 5.41) is 1.45. The minimum Gasteiger partial charge on any atom is -0.497 e. The minimum absolute atomic E-state index is 0.279. The van der Waals surface area contributed by atoms with E-state index in [4.69, 9.17) is 9.47 Å². The molecule has 0 bridgehead atoms. The van der Waals surface area contributed by atoms with E-state index in [0.717, 1.165) is 16.0 Å². The molecule has 0 aliphatic heterocycles. The normalized spacial score (nSPS) is 11.1. The van der Waals surface area contributed by atoms with Crippen LogP contribution in [0.3, 0.4) is 0 Å². The van der Waals surface area contributed by atoms with E-state index in [9.17, 15) is 9.59 Å². The van der Waals surface area contributed by atoms with Crippen molar-refractivity contribution >= 4 is 38.3 Å².